The minimum absolute atomic E-state index is 0.152. The van der Waals surface area contributed by atoms with Crippen LogP contribution in [0.1, 0.15) is 34.1 Å². The van der Waals surface area contributed by atoms with Crippen LogP contribution in [0.25, 0.3) is 10.8 Å². The number of pyridine rings is 1. The molecule has 2 aromatic carbocycles. The number of fused-ring (bicyclic) bond motifs is 1. The monoisotopic (exact) mass is 391 g/mol. The van der Waals surface area contributed by atoms with Crippen molar-refractivity contribution < 1.29 is 19.0 Å². The highest BCUT2D eigenvalue weighted by Gasteiger charge is 2.19. The molecule has 0 saturated heterocycles. The molecule has 3 rings (SSSR count). The van der Waals surface area contributed by atoms with E-state index in [9.17, 15) is 4.79 Å². The Hall–Kier alpha value is -3.34. The van der Waals surface area contributed by atoms with E-state index in [1.807, 2.05) is 45.0 Å². The number of methoxy groups -OCH3 is 2. The first-order chi connectivity index (χ1) is 13.8. The van der Waals surface area contributed by atoms with Gasteiger partial charge in [-0.2, -0.15) is 0 Å². The first kappa shape index (κ1) is 20.4. The van der Waals surface area contributed by atoms with Gasteiger partial charge < -0.3 is 14.2 Å². The number of carbonyl (C=O) groups is 1. The predicted molar refractivity (Wildman–Crippen MR) is 115 cm³/mol. The van der Waals surface area contributed by atoms with E-state index in [1.54, 1.807) is 26.5 Å². The number of aryl methyl sites for hydroxylation is 2. The Bertz CT molecular complexity index is 1080. The molecule has 3 aromatic rings. The van der Waals surface area contributed by atoms with Crippen LogP contribution >= 0.6 is 0 Å². The average Bonchev–Trinajstić information content (AvgIpc) is 2.70. The van der Waals surface area contributed by atoms with Crippen molar-refractivity contribution >= 4 is 16.6 Å². The van der Waals surface area contributed by atoms with Gasteiger partial charge in [0.15, 0.2) is 11.5 Å². The molecule has 0 atom stereocenters. The number of carbonyl (C=O) groups excluding carboxylic acids is 1. The lowest BCUT2D eigenvalue weighted by atomic mass is 9.98. The second-order valence-corrected chi connectivity index (χ2v) is 7.10. The topological polar surface area (TPSA) is 57.7 Å². The maximum atomic E-state index is 13.3. The third-order valence-corrected chi connectivity index (χ3v) is 4.67. The van der Waals surface area contributed by atoms with Crippen molar-refractivity contribution in [2.45, 2.75) is 20.8 Å². The Morgan fingerprint density at radius 1 is 1.03 bits per heavy atom. The van der Waals surface area contributed by atoms with Gasteiger partial charge in [-0.1, -0.05) is 6.58 Å². The molecular formula is C24H25NO4. The second-order valence-electron chi connectivity index (χ2n) is 7.10. The second kappa shape index (κ2) is 8.35. The van der Waals surface area contributed by atoms with E-state index in [1.165, 1.54) is 0 Å². The van der Waals surface area contributed by atoms with E-state index in [-0.39, 0.29) is 5.78 Å². The normalized spacial score (nSPS) is 10.7. The summed E-state index contributed by atoms with van der Waals surface area (Å²) in [6.07, 6.45) is 1.63. The fourth-order valence-corrected chi connectivity index (χ4v) is 3.32. The van der Waals surface area contributed by atoms with Gasteiger partial charge in [0.05, 0.1) is 14.2 Å². The molecule has 0 amide bonds. The molecule has 0 unspecified atom stereocenters. The minimum atomic E-state index is -0.152. The lowest BCUT2D eigenvalue weighted by molar-refractivity contribution is 0.103. The smallest absolute Gasteiger partial charge is 0.211 e. The fraction of sp³-hybridized carbons (Fsp3) is 0.250. The molecule has 150 valence electrons. The molecule has 0 N–H and O–H groups in total. The van der Waals surface area contributed by atoms with Gasteiger partial charge in [-0.3, -0.25) is 9.78 Å². The van der Waals surface area contributed by atoms with Crippen LogP contribution in [-0.2, 0) is 0 Å². The molecule has 5 heteroatoms. The molecule has 0 aliphatic rings. The molecule has 0 aliphatic carbocycles. The summed E-state index contributed by atoms with van der Waals surface area (Å²) in [6.45, 7) is 10.1. The van der Waals surface area contributed by atoms with Crippen molar-refractivity contribution in [3.8, 4) is 17.2 Å². The highest BCUT2D eigenvalue weighted by molar-refractivity contribution is 6.15. The van der Waals surface area contributed by atoms with Crippen molar-refractivity contribution in [1.29, 1.82) is 0 Å². The van der Waals surface area contributed by atoms with E-state index < -0.39 is 0 Å². The molecule has 0 spiro atoms. The highest BCUT2D eigenvalue weighted by Crippen LogP contribution is 2.34. The van der Waals surface area contributed by atoms with Crippen LogP contribution in [0.4, 0.5) is 0 Å². The summed E-state index contributed by atoms with van der Waals surface area (Å²) >= 11 is 0. The molecule has 1 heterocycles. The number of nitrogens with zero attached hydrogens (tertiary/aromatic N) is 1. The Morgan fingerprint density at radius 2 is 1.66 bits per heavy atom. The van der Waals surface area contributed by atoms with Crippen LogP contribution in [0.5, 0.6) is 17.2 Å². The van der Waals surface area contributed by atoms with Gasteiger partial charge in [0.2, 0.25) is 5.78 Å². The summed E-state index contributed by atoms with van der Waals surface area (Å²) in [4.78, 5) is 17.7. The van der Waals surface area contributed by atoms with Crippen molar-refractivity contribution in [3.05, 3.63) is 71.1 Å². The number of hydrogen-bond donors (Lipinski definition) is 0. The number of ketones is 1. The number of rotatable bonds is 7. The van der Waals surface area contributed by atoms with Crippen LogP contribution in [0.2, 0.25) is 0 Å². The first-order valence-electron chi connectivity index (χ1n) is 9.29. The van der Waals surface area contributed by atoms with Gasteiger partial charge in [-0.25, -0.2) is 0 Å². The zero-order valence-corrected chi connectivity index (χ0v) is 17.5. The summed E-state index contributed by atoms with van der Waals surface area (Å²) in [7, 11) is 3.15. The maximum absolute atomic E-state index is 13.3. The van der Waals surface area contributed by atoms with Crippen LogP contribution in [0, 0.1) is 13.8 Å². The Morgan fingerprint density at radius 3 is 2.24 bits per heavy atom. The number of aromatic nitrogens is 1. The third kappa shape index (κ3) is 4.09. The van der Waals surface area contributed by atoms with E-state index in [0.29, 0.717) is 34.7 Å². The summed E-state index contributed by atoms with van der Waals surface area (Å²) in [5, 5.41) is 1.57. The number of ether oxygens (including phenoxy) is 3. The van der Waals surface area contributed by atoms with E-state index >= 15 is 0 Å². The average molecular weight is 391 g/mol. The quantitative estimate of drug-likeness (QED) is 0.416. The molecule has 0 radical (unpaired) electrons. The molecular weight excluding hydrogens is 366 g/mol. The zero-order chi connectivity index (χ0) is 21.1. The molecule has 0 aliphatic heterocycles. The van der Waals surface area contributed by atoms with E-state index in [2.05, 4.69) is 11.6 Å². The van der Waals surface area contributed by atoms with Crippen molar-refractivity contribution in [3.63, 3.8) is 0 Å². The highest BCUT2D eigenvalue weighted by atomic mass is 16.5. The van der Waals surface area contributed by atoms with E-state index in [4.69, 9.17) is 14.2 Å². The van der Waals surface area contributed by atoms with Gasteiger partial charge in [0.1, 0.15) is 18.1 Å². The van der Waals surface area contributed by atoms with Crippen molar-refractivity contribution in [1.82, 2.24) is 4.98 Å². The van der Waals surface area contributed by atoms with Gasteiger partial charge in [-0.05, 0) is 73.2 Å². The summed E-state index contributed by atoms with van der Waals surface area (Å²) in [5.74, 6) is 1.79. The van der Waals surface area contributed by atoms with Crippen LogP contribution in [-0.4, -0.2) is 31.6 Å². The van der Waals surface area contributed by atoms with Crippen molar-refractivity contribution in [2.24, 2.45) is 0 Å². The molecule has 0 saturated carbocycles. The Labute approximate surface area is 170 Å². The fourth-order valence-electron chi connectivity index (χ4n) is 3.32. The zero-order valence-electron chi connectivity index (χ0n) is 17.5. The first-order valence-corrected chi connectivity index (χ1v) is 9.29. The van der Waals surface area contributed by atoms with Crippen molar-refractivity contribution in [2.75, 3.05) is 20.8 Å². The Balaban J connectivity index is 2.06. The number of benzene rings is 2. The SMILES string of the molecule is C=C(C)COc1c(C)cc(C(=O)c2nccc3cc(OC)c(OC)cc23)cc1C. The number of hydrogen-bond acceptors (Lipinski definition) is 5. The van der Waals surface area contributed by atoms with Crippen LogP contribution < -0.4 is 14.2 Å². The van der Waals surface area contributed by atoms with Crippen LogP contribution in [0.3, 0.4) is 0 Å². The van der Waals surface area contributed by atoms with Gasteiger partial charge in [0.25, 0.3) is 0 Å². The summed E-state index contributed by atoms with van der Waals surface area (Å²) < 4.78 is 16.6. The molecule has 0 fully saturated rings. The molecule has 0 bridgehead atoms. The standard InChI is InChI=1S/C24H25NO4/c1-14(2)13-29-24-15(3)9-18(10-16(24)4)23(26)22-19-12-21(28-6)20(27-5)11-17(19)7-8-25-22/h7-12H,1,13H2,2-6H3. The van der Waals surface area contributed by atoms with Crippen LogP contribution in [0.15, 0.2) is 48.7 Å². The summed E-state index contributed by atoms with van der Waals surface area (Å²) in [5.41, 5.74) is 3.67. The molecule has 1 aromatic heterocycles. The molecule has 5 nitrogen and oxygen atoms in total. The van der Waals surface area contributed by atoms with E-state index in [0.717, 1.165) is 27.8 Å². The van der Waals surface area contributed by atoms with Gasteiger partial charge in [-0.15, -0.1) is 0 Å². The van der Waals surface area contributed by atoms with Gasteiger partial charge >= 0.3 is 0 Å². The third-order valence-electron chi connectivity index (χ3n) is 4.67. The minimum Gasteiger partial charge on any atom is -0.493 e. The largest absolute Gasteiger partial charge is 0.493 e. The molecule has 29 heavy (non-hydrogen) atoms. The lowest BCUT2D eigenvalue weighted by Gasteiger charge is -2.14. The predicted octanol–water partition coefficient (Wildman–Crippen LogP) is 5.05. The van der Waals surface area contributed by atoms with Gasteiger partial charge in [0, 0.05) is 17.1 Å². The Kier molecular flexibility index (Phi) is 5.87. The summed E-state index contributed by atoms with van der Waals surface area (Å²) in [6, 6.07) is 9.16. The lowest BCUT2D eigenvalue weighted by Crippen LogP contribution is -2.08. The maximum Gasteiger partial charge on any atom is 0.211 e.